The molecule has 0 aromatic heterocycles. The molecule has 2 unspecified atom stereocenters. The summed E-state index contributed by atoms with van der Waals surface area (Å²) in [5.41, 5.74) is 3.87. The number of thioether (sulfide) groups is 1. The molecule has 4 heteroatoms. The van der Waals surface area contributed by atoms with Crippen molar-refractivity contribution in [1.29, 1.82) is 0 Å². The second-order valence-electron chi connectivity index (χ2n) is 4.56. The van der Waals surface area contributed by atoms with Gasteiger partial charge in [-0.05, 0) is 37.6 Å². The second kappa shape index (κ2) is 7.79. The number of nitrogens with one attached hydrogen (secondary N) is 1. The smallest absolute Gasteiger partial charge is 0.0861 e. The molecule has 3 nitrogen and oxygen atoms in total. The molecule has 0 fully saturated rings. The van der Waals surface area contributed by atoms with E-state index in [4.69, 9.17) is 5.11 Å². The van der Waals surface area contributed by atoms with Crippen molar-refractivity contribution >= 4 is 11.8 Å². The van der Waals surface area contributed by atoms with Crippen LogP contribution < -0.4 is 5.32 Å². The fraction of sp³-hybridized carbons (Fsp3) is 0.571. The molecule has 0 radical (unpaired) electrons. The lowest BCUT2D eigenvalue weighted by Gasteiger charge is -2.18. The van der Waals surface area contributed by atoms with Crippen molar-refractivity contribution in [2.75, 3.05) is 25.2 Å². The highest BCUT2D eigenvalue weighted by Gasteiger charge is 2.11. The van der Waals surface area contributed by atoms with Gasteiger partial charge in [0, 0.05) is 17.5 Å². The van der Waals surface area contributed by atoms with Gasteiger partial charge >= 0.3 is 0 Å². The van der Waals surface area contributed by atoms with E-state index in [0.717, 1.165) is 5.75 Å². The average Bonchev–Trinajstić information content (AvgIpc) is 2.38. The molecule has 0 heterocycles. The number of aryl methyl sites for hydroxylation is 2. The minimum absolute atomic E-state index is 0.166. The monoisotopic (exact) mass is 269 g/mol. The predicted octanol–water partition coefficient (Wildman–Crippen LogP) is 1.65. The quantitative estimate of drug-likeness (QED) is 0.704. The van der Waals surface area contributed by atoms with Gasteiger partial charge in [0.05, 0.1) is 12.7 Å². The molecule has 2 atom stereocenters. The number of benzene rings is 1. The van der Waals surface area contributed by atoms with Crippen LogP contribution in [0, 0.1) is 13.8 Å². The lowest BCUT2D eigenvalue weighted by molar-refractivity contribution is 0.113. The molecule has 0 aliphatic heterocycles. The third kappa shape index (κ3) is 4.61. The van der Waals surface area contributed by atoms with Crippen molar-refractivity contribution in [3.63, 3.8) is 0 Å². The molecular weight excluding hydrogens is 246 g/mol. The van der Waals surface area contributed by atoms with Gasteiger partial charge in [0.15, 0.2) is 0 Å². The summed E-state index contributed by atoms with van der Waals surface area (Å²) in [6.07, 6.45) is -0.618. The van der Waals surface area contributed by atoms with Crippen LogP contribution in [0.3, 0.4) is 0 Å². The van der Waals surface area contributed by atoms with E-state index in [1.807, 2.05) is 7.05 Å². The molecule has 1 aromatic rings. The van der Waals surface area contributed by atoms with Crippen LogP contribution in [0.5, 0.6) is 0 Å². The Bertz CT molecular complexity index is 371. The third-order valence-corrected chi connectivity index (χ3v) is 4.28. The Kier molecular flexibility index (Phi) is 6.71. The molecule has 1 aromatic carbocycles. The highest BCUT2D eigenvalue weighted by atomic mass is 32.2. The topological polar surface area (TPSA) is 52.5 Å². The van der Waals surface area contributed by atoms with Crippen LogP contribution in [0.2, 0.25) is 0 Å². The molecule has 18 heavy (non-hydrogen) atoms. The van der Waals surface area contributed by atoms with E-state index in [1.54, 1.807) is 11.8 Å². The largest absolute Gasteiger partial charge is 0.394 e. The van der Waals surface area contributed by atoms with E-state index < -0.39 is 6.10 Å². The van der Waals surface area contributed by atoms with Gasteiger partial charge in [-0.2, -0.15) is 11.8 Å². The van der Waals surface area contributed by atoms with Crippen molar-refractivity contribution in [2.45, 2.75) is 26.0 Å². The van der Waals surface area contributed by atoms with E-state index in [0.29, 0.717) is 5.75 Å². The Hall–Kier alpha value is -0.550. The average molecular weight is 269 g/mol. The third-order valence-electron chi connectivity index (χ3n) is 3.09. The SMILES string of the molecule is CNC(CSCC(O)CO)c1ccc(C)c(C)c1. The summed E-state index contributed by atoms with van der Waals surface area (Å²) in [5, 5.41) is 21.4. The van der Waals surface area contributed by atoms with Crippen molar-refractivity contribution in [3.05, 3.63) is 34.9 Å². The molecule has 0 amide bonds. The number of hydrogen-bond donors (Lipinski definition) is 3. The van der Waals surface area contributed by atoms with Gasteiger partial charge in [0.1, 0.15) is 0 Å². The normalized spacial score (nSPS) is 14.5. The number of hydrogen-bond acceptors (Lipinski definition) is 4. The first-order chi connectivity index (χ1) is 8.58. The standard InChI is InChI=1S/C14H23NO2S/c1-10-4-5-12(6-11(10)2)14(15-3)9-18-8-13(17)7-16/h4-6,13-17H,7-9H2,1-3H3. The first-order valence-corrected chi connectivity index (χ1v) is 7.35. The van der Waals surface area contributed by atoms with Crippen LogP contribution in [0.1, 0.15) is 22.7 Å². The Morgan fingerprint density at radius 3 is 2.50 bits per heavy atom. The number of aliphatic hydroxyl groups excluding tert-OH is 2. The molecule has 1 rings (SSSR count). The van der Waals surface area contributed by atoms with Crippen LogP contribution in [0.25, 0.3) is 0 Å². The summed E-state index contributed by atoms with van der Waals surface area (Å²) in [7, 11) is 1.95. The van der Waals surface area contributed by atoms with Gasteiger partial charge < -0.3 is 15.5 Å². The van der Waals surface area contributed by atoms with Gasteiger partial charge in [-0.25, -0.2) is 0 Å². The van der Waals surface area contributed by atoms with Gasteiger partial charge in [0.2, 0.25) is 0 Å². The first-order valence-electron chi connectivity index (χ1n) is 6.19. The summed E-state index contributed by atoms with van der Waals surface area (Å²) in [6.45, 7) is 4.06. The summed E-state index contributed by atoms with van der Waals surface area (Å²) in [6, 6.07) is 6.77. The van der Waals surface area contributed by atoms with Gasteiger partial charge in [0.25, 0.3) is 0 Å². The summed E-state index contributed by atoms with van der Waals surface area (Å²) < 4.78 is 0. The molecule has 0 aliphatic rings. The van der Waals surface area contributed by atoms with Crippen LogP contribution in [0.4, 0.5) is 0 Å². The van der Waals surface area contributed by atoms with Crippen molar-refractivity contribution in [2.24, 2.45) is 0 Å². The lowest BCUT2D eigenvalue weighted by atomic mass is 10.0. The molecule has 3 N–H and O–H groups in total. The highest BCUT2D eigenvalue weighted by Crippen LogP contribution is 2.21. The van der Waals surface area contributed by atoms with Crippen molar-refractivity contribution < 1.29 is 10.2 Å². The Balaban J connectivity index is 2.57. The minimum Gasteiger partial charge on any atom is -0.394 e. The Morgan fingerprint density at radius 2 is 1.94 bits per heavy atom. The summed E-state index contributed by atoms with van der Waals surface area (Å²) in [5.74, 6) is 1.45. The Morgan fingerprint density at radius 1 is 1.22 bits per heavy atom. The van der Waals surface area contributed by atoms with Gasteiger partial charge in [-0.3, -0.25) is 0 Å². The summed E-state index contributed by atoms with van der Waals surface area (Å²) in [4.78, 5) is 0. The van der Waals surface area contributed by atoms with Crippen LogP contribution >= 0.6 is 11.8 Å². The first kappa shape index (κ1) is 15.5. The molecular formula is C14H23NO2S. The maximum atomic E-state index is 9.30. The van der Waals surface area contributed by atoms with E-state index in [9.17, 15) is 5.11 Å². The summed E-state index contributed by atoms with van der Waals surface area (Å²) >= 11 is 1.65. The Labute approximate surface area is 114 Å². The molecule has 0 bridgehead atoms. The van der Waals surface area contributed by atoms with Gasteiger partial charge in [-0.1, -0.05) is 18.2 Å². The number of rotatable bonds is 7. The van der Waals surface area contributed by atoms with Crippen molar-refractivity contribution in [3.8, 4) is 0 Å². The van der Waals surface area contributed by atoms with E-state index in [2.05, 4.69) is 37.4 Å². The maximum Gasteiger partial charge on any atom is 0.0861 e. The minimum atomic E-state index is -0.618. The van der Waals surface area contributed by atoms with E-state index >= 15 is 0 Å². The van der Waals surface area contributed by atoms with Crippen LogP contribution in [-0.4, -0.2) is 41.5 Å². The van der Waals surface area contributed by atoms with Crippen molar-refractivity contribution in [1.82, 2.24) is 5.32 Å². The van der Waals surface area contributed by atoms with Crippen LogP contribution in [0.15, 0.2) is 18.2 Å². The van der Waals surface area contributed by atoms with Crippen LogP contribution in [-0.2, 0) is 0 Å². The zero-order valence-electron chi connectivity index (χ0n) is 11.3. The predicted molar refractivity (Wildman–Crippen MR) is 78.1 cm³/mol. The second-order valence-corrected chi connectivity index (χ2v) is 5.63. The zero-order chi connectivity index (χ0) is 13.5. The molecule has 0 saturated carbocycles. The fourth-order valence-corrected chi connectivity index (χ4v) is 2.81. The zero-order valence-corrected chi connectivity index (χ0v) is 12.1. The molecule has 0 spiro atoms. The van der Waals surface area contributed by atoms with Gasteiger partial charge in [-0.15, -0.1) is 0 Å². The fourth-order valence-electron chi connectivity index (χ4n) is 1.70. The maximum absolute atomic E-state index is 9.30. The van der Waals surface area contributed by atoms with E-state index in [1.165, 1.54) is 16.7 Å². The highest BCUT2D eigenvalue weighted by molar-refractivity contribution is 7.99. The lowest BCUT2D eigenvalue weighted by Crippen LogP contribution is -2.21. The number of aliphatic hydroxyl groups is 2. The van der Waals surface area contributed by atoms with E-state index in [-0.39, 0.29) is 12.6 Å². The molecule has 102 valence electrons. The molecule has 0 aliphatic carbocycles. The molecule has 0 saturated heterocycles.